The molecule has 2 rings (SSSR count). The number of aliphatic hydroxyl groups is 2. The Bertz CT molecular complexity index is 307. The Hall–Kier alpha value is -0.280. The van der Waals surface area contributed by atoms with E-state index in [0.717, 1.165) is 12.8 Å². The zero-order valence-corrected chi connectivity index (χ0v) is 11.1. The molecule has 1 saturated carbocycles. The SMILES string of the molecule is NC[C@@H]1CC[C@@H](N)[C@@H](C2[C@@H](N)C[C@@H](N)[C@H](O)[C@H]2O)O1. The van der Waals surface area contributed by atoms with Crippen LogP contribution in [-0.2, 0) is 4.74 Å². The molecule has 2 aliphatic rings. The van der Waals surface area contributed by atoms with Crippen molar-refractivity contribution in [3.63, 3.8) is 0 Å². The Morgan fingerprint density at radius 3 is 2.26 bits per heavy atom. The molecule has 1 saturated heterocycles. The van der Waals surface area contributed by atoms with Gasteiger partial charge in [-0.2, -0.15) is 0 Å². The second-order valence-electron chi connectivity index (χ2n) is 5.82. The highest BCUT2D eigenvalue weighted by atomic mass is 16.5. The van der Waals surface area contributed by atoms with Crippen LogP contribution in [0.15, 0.2) is 0 Å². The molecule has 0 aromatic heterocycles. The lowest BCUT2D eigenvalue weighted by Crippen LogP contribution is -2.65. The van der Waals surface area contributed by atoms with Crippen molar-refractivity contribution in [3.8, 4) is 0 Å². The maximum Gasteiger partial charge on any atom is 0.0954 e. The molecule has 112 valence electrons. The second kappa shape index (κ2) is 6.01. The number of rotatable bonds is 2. The van der Waals surface area contributed by atoms with E-state index in [9.17, 15) is 10.2 Å². The highest BCUT2D eigenvalue weighted by Gasteiger charge is 2.47. The molecule has 7 heteroatoms. The molecule has 0 spiro atoms. The molecule has 1 unspecified atom stereocenters. The summed E-state index contributed by atoms with van der Waals surface area (Å²) in [7, 11) is 0. The molecule has 1 heterocycles. The van der Waals surface area contributed by atoms with Crippen molar-refractivity contribution in [1.82, 2.24) is 0 Å². The van der Waals surface area contributed by atoms with Crippen molar-refractivity contribution in [2.45, 2.75) is 61.8 Å². The molecule has 1 aliphatic carbocycles. The Morgan fingerprint density at radius 2 is 1.63 bits per heavy atom. The molecule has 0 bridgehead atoms. The molecule has 0 amide bonds. The predicted molar refractivity (Wildman–Crippen MR) is 71.0 cm³/mol. The van der Waals surface area contributed by atoms with Crippen LogP contribution in [-0.4, -0.2) is 59.3 Å². The van der Waals surface area contributed by atoms with Crippen LogP contribution in [0.5, 0.6) is 0 Å². The van der Waals surface area contributed by atoms with Gasteiger partial charge in [0.05, 0.1) is 24.4 Å². The fourth-order valence-electron chi connectivity index (χ4n) is 3.27. The van der Waals surface area contributed by atoms with Gasteiger partial charge in [0.1, 0.15) is 0 Å². The minimum absolute atomic E-state index is 0.0584. The third kappa shape index (κ3) is 2.92. The molecule has 2 fully saturated rings. The number of hydrogen-bond donors (Lipinski definition) is 6. The Labute approximate surface area is 113 Å². The number of hydrogen-bond acceptors (Lipinski definition) is 7. The average molecular weight is 274 g/mol. The summed E-state index contributed by atoms with van der Waals surface area (Å²) >= 11 is 0. The maximum atomic E-state index is 10.2. The van der Waals surface area contributed by atoms with Crippen LogP contribution >= 0.6 is 0 Å². The van der Waals surface area contributed by atoms with E-state index in [1.54, 1.807) is 0 Å². The predicted octanol–water partition coefficient (Wildman–Crippen LogP) is -2.78. The molecular weight excluding hydrogens is 248 g/mol. The first-order chi connectivity index (χ1) is 8.95. The first kappa shape index (κ1) is 15.1. The second-order valence-corrected chi connectivity index (χ2v) is 5.82. The smallest absolute Gasteiger partial charge is 0.0954 e. The summed E-state index contributed by atoms with van der Waals surface area (Å²) in [4.78, 5) is 0. The van der Waals surface area contributed by atoms with Gasteiger partial charge in [-0.05, 0) is 19.3 Å². The van der Waals surface area contributed by atoms with Gasteiger partial charge in [-0.3, -0.25) is 0 Å². The largest absolute Gasteiger partial charge is 0.390 e. The lowest BCUT2D eigenvalue weighted by Gasteiger charge is -2.47. The third-order valence-electron chi connectivity index (χ3n) is 4.46. The van der Waals surface area contributed by atoms with Crippen molar-refractivity contribution < 1.29 is 14.9 Å². The first-order valence-corrected chi connectivity index (χ1v) is 6.94. The van der Waals surface area contributed by atoms with Crippen molar-refractivity contribution in [3.05, 3.63) is 0 Å². The van der Waals surface area contributed by atoms with Crippen LogP contribution in [0.1, 0.15) is 19.3 Å². The fraction of sp³-hybridized carbons (Fsp3) is 1.00. The van der Waals surface area contributed by atoms with Crippen LogP contribution in [0.3, 0.4) is 0 Å². The fourth-order valence-corrected chi connectivity index (χ4v) is 3.27. The highest BCUT2D eigenvalue weighted by Crippen LogP contribution is 2.33. The van der Waals surface area contributed by atoms with Gasteiger partial charge in [0, 0.05) is 30.6 Å². The molecule has 10 N–H and O–H groups in total. The van der Waals surface area contributed by atoms with E-state index in [4.69, 9.17) is 27.7 Å². The number of ether oxygens (including phenoxy) is 1. The zero-order valence-electron chi connectivity index (χ0n) is 11.1. The normalized spacial score (nSPS) is 52.1. The van der Waals surface area contributed by atoms with Gasteiger partial charge in [-0.1, -0.05) is 0 Å². The van der Waals surface area contributed by atoms with Crippen molar-refractivity contribution in [2.24, 2.45) is 28.9 Å². The van der Waals surface area contributed by atoms with Crippen molar-refractivity contribution in [2.75, 3.05) is 6.54 Å². The summed E-state index contributed by atoms with van der Waals surface area (Å²) in [5.41, 5.74) is 23.6. The lowest BCUT2D eigenvalue weighted by molar-refractivity contribution is -0.150. The standard InChI is InChI=1S/C12H26N4O3/c13-4-5-1-2-6(14)12(19-5)9-7(15)3-8(16)10(17)11(9)18/h5-12,17-18H,1-4,13-16H2/t5-,6+,7-,8+,9?,10-,11-,12-/m0/s1. The van der Waals surface area contributed by atoms with E-state index >= 15 is 0 Å². The molecule has 1 aliphatic heterocycles. The zero-order chi connectivity index (χ0) is 14.2. The Morgan fingerprint density at radius 1 is 0.947 bits per heavy atom. The van der Waals surface area contributed by atoms with Gasteiger partial charge < -0.3 is 37.9 Å². The monoisotopic (exact) mass is 274 g/mol. The minimum atomic E-state index is -1.01. The summed E-state index contributed by atoms with van der Waals surface area (Å²) in [5, 5.41) is 20.2. The molecule has 0 radical (unpaired) electrons. The molecular formula is C12H26N4O3. The van der Waals surface area contributed by atoms with Crippen LogP contribution in [0.25, 0.3) is 0 Å². The number of aliphatic hydroxyl groups excluding tert-OH is 2. The lowest BCUT2D eigenvalue weighted by atomic mass is 9.72. The summed E-state index contributed by atoms with van der Waals surface area (Å²) in [5.74, 6) is -0.404. The van der Waals surface area contributed by atoms with Crippen molar-refractivity contribution >= 4 is 0 Å². The number of nitrogens with two attached hydrogens (primary N) is 4. The van der Waals surface area contributed by atoms with Crippen LogP contribution in [0.4, 0.5) is 0 Å². The summed E-state index contributed by atoms with van der Waals surface area (Å²) in [6.07, 6.45) is -0.390. The topological polar surface area (TPSA) is 154 Å². The molecule has 0 aromatic carbocycles. The van der Waals surface area contributed by atoms with Crippen LogP contribution in [0, 0.1) is 5.92 Å². The van der Waals surface area contributed by atoms with Gasteiger partial charge >= 0.3 is 0 Å². The maximum absolute atomic E-state index is 10.2. The van der Waals surface area contributed by atoms with E-state index in [2.05, 4.69) is 0 Å². The summed E-state index contributed by atoms with van der Waals surface area (Å²) in [6.45, 7) is 0.420. The minimum Gasteiger partial charge on any atom is -0.390 e. The van der Waals surface area contributed by atoms with Gasteiger partial charge in [-0.15, -0.1) is 0 Å². The summed E-state index contributed by atoms with van der Waals surface area (Å²) in [6, 6.07) is -1.04. The summed E-state index contributed by atoms with van der Waals surface area (Å²) < 4.78 is 5.87. The first-order valence-electron chi connectivity index (χ1n) is 6.94. The highest BCUT2D eigenvalue weighted by molar-refractivity contribution is 5.02. The molecule has 19 heavy (non-hydrogen) atoms. The molecule has 8 atom stereocenters. The van der Waals surface area contributed by atoms with Crippen LogP contribution < -0.4 is 22.9 Å². The van der Waals surface area contributed by atoms with E-state index in [1.807, 2.05) is 0 Å². The van der Waals surface area contributed by atoms with E-state index in [0.29, 0.717) is 13.0 Å². The van der Waals surface area contributed by atoms with E-state index < -0.39 is 24.2 Å². The molecule has 0 aromatic rings. The van der Waals surface area contributed by atoms with Gasteiger partial charge in [-0.25, -0.2) is 0 Å². The molecule has 7 nitrogen and oxygen atoms in total. The van der Waals surface area contributed by atoms with Gasteiger partial charge in [0.25, 0.3) is 0 Å². The quantitative estimate of drug-likeness (QED) is 0.318. The average Bonchev–Trinajstić information content (AvgIpc) is 2.38. The Balaban J connectivity index is 2.13. The van der Waals surface area contributed by atoms with E-state index in [1.165, 1.54) is 0 Å². The van der Waals surface area contributed by atoms with Gasteiger partial charge in [0.2, 0.25) is 0 Å². The third-order valence-corrected chi connectivity index (χ3v) is 4.46. The van der Waals surface area contributed by atoms with Crippen molar-refractivity contribution in [1.29, 1.82) is 0 Å². The Kier molecular flexibility index (Phi) is 4.78. The van der Waals surface area contributed by atoms with Gasteiger partial charge in [0.15, 0.2) is 0 Å². The van der Waals surface area contributed by atoms with E-state index in [-0.39, 0.29) is 24.3 Å². The van der Waals surface area contributed by atoms with Crippen LogP contribution in [0.2, 0.25) is 0 Å².